The summed E-state index contributed by atoms with van der Waals surface area (Å²) in [6, 6.07) is 3.52. The molecule has 0 bridgehead atoms. The second-order valence-corrected chi connectivity index (χ2v) is 5.78. The van der Waals surface area contributed by atoms with Crippen LogP contribution in [-0.2, 0) is 16.1 Å². The Morgan fingerprint density at radius 3 is 2.88 bits per heavy atom. The Kier molecular flexibility index (Phi) is 5.92. The second-order valence-electron chi connectivity index (χ2n) is 5.78. The number of hydrogen-bond donors (Lipinski definition) is 1. The van der Waals surface area contributed by atoms with E-state index >= 15 is 0 Å². The highest BCUT2D eigenvalue weighted by atomic mass is 16.5. The third-order valence-electron chi connectivity index (χ3n) is 4.11. The van der Waals surface area contributed by atoms with Gasteiger partial charge in [0.1, 0.15) is 6.04 Å². The van der Waals surface area contributed by atoms with E-state index in [-0.39, 0.29) is 11.9 Å². The van der Waals surface area contributed by atoms with Gasteiger partial charge in [-0.1, -0.05) is 6.07 Å². The Labute approximate surface area is 141 Å². The Balaban J connectivity index is 1.58. The van der Waals surface area contributed by atoms with Crippen molar-refractivity contribution in [3.8, 4) is 0 Å². The number of rotatable bonds is 7. The molecule has 0 aromatic carbocycles. The first-order valence-corrected chi connectivity index (χ1v) is 8.30. The van der Waals surface area contributed by atoms with E-state index in [1.54, 1.807) is 24.9 Å². The fraction of sp³-hybridized carbons (Fsp3) is 0.471. The van der Waals surface area contributed by atoms with E-state index in [4.69, 9.17) is 4.74 Å². The van der Waals surface area contributed by atoms with Gasteiger partial charge < -0.3 is 14.6 Å². The highest BCUT2D eigenvalue weighted by molar-refractivity contribution is 5.83. The first-order valence-electron chi connectivity index (χ1n) is 8.30. The van der Waals surface area contributed by atoms with Crippen molar-refractivity contribution in [2.24, 2.45) is 0 Å². The van der Waals surface area contributed by atoms with Gasteiger partial charge in [-0.2, -0.15) is 0 Å². The molecule has 0 aliphatic carbocycles. The van der Waals surface area contributed by atoms with E-state index in [1.807, 2.05) is 22.9 Å². The van der Waals surface area contributed by atoms with Crippen LogP contribution in [0.4, 0.5) is 0 Å². The Morgan fingerprint density at radius 2 is 2.17 bits per heavy atom. The molecule has 1 amide bonds. The molecule has 0 saturated carbocycles. The van der Waals surface area contributed by atoms with Gasteiger partial charge in [0.15, 0.2) is 0 Å². The summed E-state index contributed by atoms with van der Waals surface area (Å²) in [5, 5.41) is 3.06. The number of hydrogen-bond acceptors (Lipinski definition) is 5. The molecule has 2 aromatic rings. The summed E-state index contributed by atoms with van der Waals surface area (Å²) in [7, 11) is 0. The zero-order valence-electron chi connectivity index (χ0n) is 13.7. The van der Waals surface area contributed by atoms with E-state index in [0.717, 1.165) is 31.6 Å². The van der Waals surface area contributed by atoms with Gasteiger partial charge in [-0.05, 0) is 18.1 Å². The summed E-state index contributed by atoms with van der Waals surface area (Å²) < 4.78 is 7.41. The summed E-state index contributed by atoms with van der Waals surface area (Å²) >= 11 is 0. The monoisotopic (exact) mass is 329 g/mol. The first-order chi connectivity index (χ1) is 11.8. The predicted octanol–water partition coefficient (Wildman–Crippen LogP) is 0.858. The lowest BCUT2D eigenvalue weighted by molar-refractivity contribution is -0.128. The van der Waals surface area contributed by atoms with Crippen molar-refractivity contribution in [1.82, 2.24) is 24.8 Å². The first kappa shape index (κ1) is 16.6. The van der Waals surface area contributed by atoms with E-state index in [1.165, 1.54) is 0 Å². The van der Waals surface area contributed by atoms with E-state index in [9.17, 15) is 4.79 Å². The van der Waals surface area contributed by atoms with Crippen molar-refractivity contribution >= 4 is 5.91 Å². The maximum absolute atomic E-state index is 12.8. The van der Waals surface area contributed by atoms with Crippen LogP contribution in [0.15, 0.2) is 43.2 Å². The number of amides is 1. The number of carbonyl (C=O) groups is 1. The summed E-state index contributed by atoms with van der Waals surface area (Å²) in [6.45, 7) is 4.30. The van der Waals surface area contributed by atoms with Crippen LogP contribution in [0, 0.1) is 0 Å². The Morgan fingerprint density at radius 1 is 1.29 bits per heavy atom. The van der Waals surface area contributed by atoms with Gasteiger partial charge in [-0.15, -0.1) is 0 Å². The molecule has 128 valence electrons. The van der Waals surface area contributed by atoms with E-state index in [0.29, 0.717) is 19.8 Å². The highest BCUT2D eigenvalue weighted by Crippen LogP contribution is 2.21. The molecule has 0 spiro atoms. The molecule has 1 aliphatic rings. The summed E-state index contributed by atoms with van der Waals surface area (Å²) in [5.41, 5.74) is 0.923. The van der Waals surface area contributed by atoms with Crippen molar-refractivity contribution in [2.45, 2.75) is 19.0 Å². The fourth-order valence-electron chi connectivity index (χ4n) is 2.89. The highest BCUT2D eigenvalue weighted by Gasteiger charge is 2.28. The van der Waals surface area contributed by atoms with Crippen LogP contribution >= 0.6 is 0 Å². The molecule has 1 fully saturated rings. The number of aryl methyl sites for hydroxylation is 1. The maximum atomic E-state index is 12.8. The van der Waals surface area contributed by atoms with Gasteiger partial charge in [0, 0.05) is 51.0 Å². The van der Waals surface area contributed by atoms with Crippen molar-refractivity contribution in [1.29, 1.82) is 0 Å². The van der Waals surface area contributed by atoms with E-state index in [2.05, 4.69) is 20.2 Å². The van der Waals surface area contributed by atoms with Gasteiger partial charge in [-0.3, -0.25) is 14.7 Å². The molecule has 24 heavy (non-hydrogen) atoms. The Bertz CT molecular complexity index is 611. The normalized spacial score (nSPS) is 16.7. The minimum atomic E-state index is -0.309. The van der Waals surface area contributed by atoms with Gasteiger partial charge in [0.05, 0.1) is 19.5 Å². The molecular formula is C17H23N5O2. The SMILES string of the molecule is O=C(NCCCn1ccnc1)C(c1cccnc1)N1CCOCC1. The molecule has 1 unspecified atom stereocenters. The van der Waals surface area contributed by atoms with Crippen molar-refractivity contribution in [2.75, 3.05) is 32.8 Å². The number of imidazole rings is 1. The lowest BCUT2D eigenvalue weighted by Gasteiger charge is -2.33. The molecule has 7 nitrogen and oxygen atoms in total. The smallest absolute Gasteiger partial charge is 0.242 e. The fourth-order valence-corrected chi connectivity index (χ4v) is 2.89. The van der Waals surface area contributed by atoms with Gasteiger partial charge in [0.25, 0.3) is 0 Å². The molecule has 1 saturated heterocycles. The molecule has 1 aliphatic heterocycles. The van der Waals surface area contributed by atoms with E-state index < -0.39 is 0 Å². The molecule has 1 atom stereocenters. The molecule has 7 heteroatoms. The number of morpholine rings is 1. The largest absolute Gasteiger partial charge is 0.379 e. The van der Waals surface area contributed by atoms with Gasteiger partial charge >= 0.3 is 0 Å². The summed E-state index contributed by atoms with van der Waals surface area (Å²) in [5.74, 6) is 0.0236. The van der Waals surface area contributed by atoms with Crippen molar-refractivity contribution < 1.29 is 9.53 Å². The zero-order chi connectivity index (χ0) is 16.6. The molecule has 3 heterocycles. The van der Waals surface area contributed by atoms with Crippen molar-refractivity contribution in [3.05, 3.63) is 48.8 Å². The van der Waals surface area contributed by atoms with Crippen LogP contribution in [-0.4, -0.2) is 58.2 Å². The molecular weight excluding hydrogens is 306 g/mol. The molecule has 1 N–H and O–H groups in total. The Hall–Kier alpha value is -2.25. The number of pyridine rings is 1. The number of aromatic nitrogens is 3. The van der Waals surface area contributed by atoms with Gasteiger partial charge in [-0.25, -0.2) is 4.98 Å². The second kappa shape index (κ2) is 8.56. The van der Waals surface area contributed by atoms with Crippen LogP contribution in [0.25, 0.3) is 0 Å². The predicted molar refractivity (Wildman–Crippen MR) is 89.2 cm³/mol. The number of carbonyl (C=O) groups excluding carboxylic acids is 1. The molecule has 3 rings (SSSR count). The third kappa shape index (κ3) is 4.39. The minimum Gasteiger partial charge on any atom is -0.379 e. The zero-order valence-corrected chi connectivity index (χ0v) is 13.7. The summed E-state index contributed by atoms with van der Waals surface area (Å²) in [4.78, 5) is 23.1. The van der Waals surface area contributed by atoms with Crippen LogP contribution in [0.3, 0.4) is 0 Å². The number of nitrogens with one attached hydrogen (secondary N) is 1. The molecule has 0 radical (unpaired) electrons. The number of nitrogens with zero attached hydrogens (tertiary/aromatic N) is 4. The average Bonchev–Trinajstić information content (AvgIpc) is 3.14. The minimum absolute atomic E-state index is 0.0236. The molecule has 2 aromatic heterocycles. The lowest BCUT2D eigenvalue weighted by Crippen LogP contribution is -2.46. The average molecular weight is 329 g/mol. The van der Waals surface area contributed by atoms with Crippen LogP contribution in [0.5, 0.6) is 0 Å². The van der Waals surface area contributed by atoms with Crippen LogP contribution in [0.1, 0.15) is 18.0 Å². The lowest BCUT2D eigenvalue weighted by atomic mass is 10.1. The topological polar surface area (TPSA) is 72.3 Å². The van der Waals surface area contributed by atoms with Crippen molar-refractivity contribution in [3.63, 3.8) is 0 Å². The third-order valence-corrected chi connectivity index (χ3v) is 4.11. The standard InChI is InChI=1S/C17H23N5O2/c23-17(20-5-2-7-21-8-6-19-14-21)16(15-3-1-4-18-13-15)22-9-11-24-12-10-22/h1,3-4,6,8,13-14,16H,2,5,7,9-12H2,(H,20,23). The quantitative estimate of drug-likeness (QED) is 0.763. The van der Waals surface area contributed by atoms with Crippen LogP contribution in [0.2, 0.25) is 0 Å². The summed E-state index contributed by atoms with van der Waals surface area (Å²) in [6.07, 6.45) is 9.83. The van der Waals surface area contributed by atoms with Crippen LogP contribution < -0.4 is 5.32 Å². The van der Waals surface area contributed by atoms with Gasteiger partial charge in [0.2, 0.25) is 5.91 Å². The maximum Gasteiger partial charge on any atom is 0.242 e. The number of ether oxygens (including phenoxy) is 1.